The fourth-order valence-electron chi connectivity index (χ4n) is 2.23. The van der Waals surface area contributed by atoms with Crippen LogP contribution < -0.4 is 5.53 Å². The molecule has 0 saturated carbocycles. The van der Waals surface area contributed by atoms with Gasteiger partial charge in [-0.2, -0.15) is 8.42 Å². The molecule has 0 fully saturated rings. The minimum Gasteiger partial charge on any atom is -0.282 e. The van der Waals surface area contributed by atoms with Gasteiger partial charge < -0.3 is 0 Å². The first-order chi connectivity index (χ1) is 11.5. The number of rotatable bonds is 4. The monoisotopic (exact) mass is 338 g/mol. The highest BCUT2D eigenvalue weighted by atomic mass is 32.2. The predicted molar refractivity (Wildman–Crippen MR) is 87.4 cm³/mol. The molecule has 0 aliphatic carbocycles. The molecule has 0 aliphatic rings. The molecule has 3 aromatic carbocycles. The number of azo groups is 1. The lowest BCUT2D eigenvalue weighted by Crippen LogP contribution is -1.98. The highest BCUT2D eigenvalue weighted by Gasteiger charge is 2.18. The van der Waals surface area contributed by atoms with Crippen LogP contribution in [-0.2, 0) is 10.1 Å². The SMILES string of the molecule is [N]=Nc1cc[c]cc1/N=N/c1c(S(=O)(=O)O)ccc2ccccc12. The summed E-state index contributed by atoms with van der Waals surface area (Å²) >= 11 is 0. The largest absolute Gasteiger partial charge is 0.296 e. The summed E-state index contributed by atoms with van der Waals surface area (Å²) < 4.78 is 32.7. The van der Waals surface area contributed by atoms with E-state index >= 15 is 0 Å². The van der Waals surface area contributed by atoms with Gasteiger partial charge >= 0.3 is 0 Å². The van der Waals surface area contributed by atoms with Crippen LogP contribution in [0, 0.1) is 6.07 Å². The van der Waals surface area contributed by atoms with E-state index in [1.807, 2.05) is 0 Å². The topological polar surface area (TPSA) is 114 Å². The molecule has 3 rings (SSSR count). The van der Waals surface area contributed by atoms with Gasteiger partial charge in [-0.05, 0) is 35.2 Å². The highest BCUT2D eigenvalue weighted by Crippen LogP contribution is 2.35. The van der Waals surface area contributed by atoms with Gasteiger partial charge in [-0.25, -0.2) is 0 Å². The normalized spacial score (nSPS) is 11.9. The Labute approximate surface area is 137 Å². The molecule has 0 amide bonds. The molecule has 0 atom stereocenters. The van der Waals surface area contributed by atoms with Crippen LogP contribution in [0.25, 0.3) is 10.8 Å². The molecule has 0 unspecified atom stereocenters. The Morgan fingerprint density at radius 3 is 2.54 bits per heavy atom. The van der Waals surface area contributed by atoms with Gasteiger partial charge in [0.1, 0.15) is 22.0 Å². The Bertz CT molecular complexity index is 1060. The van der Waals surface area contributed by atoms with E-state index in [-0.39, 0.29) is 22.0 Å². The number of hydrogen-bond acceptors (Lipinski definition) is 5. The average molecular weight is 338 g/mol. The lowest BCUT2D eigenvalue weighted by molar-refractivity contribution is 0.483. The summed E-state index contributed by atoms with van der Waals surface area (Å²) in [4.78, 5) is -0.354. The van der Waals surface area contributed by atoms with Crippen molar-refractivity contribution in [2.24, 2.45) is 15.3 Å². The zero-order valence-electron chi connectivity index (χ0n) is 12.2. The van der Waals surface area contributed by atoms with Crippen molar-refractivity contribution in [3.05, 3.63) is 60.7 Å². The van der Waals surface area contributed by atoms with Crippen molar-refractivity contribution in [2.75, 3.05) is 0 Å². The van der Waals surface area contributed by atoms with E-state index in [0.717, 1.165) is 5.39 Å². The Kier molecular flexibility index (Phi) is 4.15. The van der Waals surface area contributed by atoms with Crippen molar-refractivity contribution >= 4 is 38.0 Å². The number of nitrogens with zero attached hydrogens (tertiary/aromatic N) is 4. The second-order valence-electron chi connectivity index (χ2n) is 4.82. The van der Waals surface area contributed by atoms with E-state index in [2.05, 4.69) is 21.4 Å². The molecule has 3 aromatic rings. The number of fused-ring (bicyclic) bond motifs is 1. The molecular weight excluding hydrogens is 328 g/mol. The Morgan fingerprint density at radius 2 is 1.79 bits per heavy atom. The Morgan fingerprint density at radius 1 is 1.00 bits per heavy atom. The Balaban J connectivity index is 2.24. The first-order valence-electron chi connectivity index (χ1n) is 6.77. The lowest BCUT2D eigenvalue weighted by Gasteiger charge is -2.06. The quantitative estimate of drug-likeness (QED) is 0.568. The summed E-state index contributed by atoms with van der Waals surface area (Å²) in [6, 6.07) is 17.0. The second-order valence-corrected chi connectivity index (χ2v) is 6.21. The van der Waals surface area contributed by atoms with E-state index < -0.39 is 10.1 Å². The van der Waals surface area contributed by atoms with E-state index in [9.17, 15) is 13.0 Å². The van der Waals surface area contributed by atoms with Crippen molar-refractivity contribution in [2.45, 2.75) is 4.90 Å². The molecule has 7 nitrogen and oxygen atoms in total. The molecule has 1 N–H and O–H groups in total. The van der Waals surface area contributed by atoms with E-state index in [1.54, 1.807) is 30.3 Å². The Hall–Kier alpha value is -2.97. The average Bonchev–Trinajstić information content (AvgIpc) is 2.58. The van der Waals surface area contributed by atoms with Crippen LogP contribution in [0.15, 0.2) is 74.8 Å². The number of hydrogen-bond donors (Lipinski definition) is 1. The fourth-order valence-corrected chi connectivity index (χ4v) is 2.86. The van der Waals surface area contributed by atoms with Gasteiger partial charge in [-0.15, -0.1) is 15.3 Å². The highest BCUT2D eigenvalue weighted by molar-refractivity contribution is 7.86. The molecule has 0 bridgehead atoms. The van der Waals surface area contributed by atoms with E-state index in [0.29, 0.717) is 5.39 Å². The fraction of sp³-hybridized carbons (Fsp3) is 0. The van der Waals surface area contributed by atoms with Crippen LogP contribution in [0.5, 0.6) is 0 Å². The lowest BCUT2D eigenvalue weighted by atomic mass is 10.1. The van der Waals surface area contributed by atoms with Gasteiger partial charge in [0.05, 0.1) is 0 Å². The molecule has 0 aromatic heterocycles. The van der Waals surface area contributed by atoms with Crippen LogP contribution >= 0.6 is 0 Å². The van der Waals surface area contributed by atoms with E-state index in [4.69, 9.17) is 5.53 Å². The van der Waals surface area contributed by atoms with Gasteiger partial charge in [-0.1, -0.05) is 36.4 Å². The maximum atomic E-state index is 11.6. The van der Waals surface area contributed by atoms with Gasteiger partial charge in [0.15, 0.2) is 0 Å². The van der Waals surface area contributed by atoms with Crippen LogP contribution in [0.4, 0.5) is 17.1 Å². The van der Waals surface area contributed by atoms with Crippen LogP contribution in [0.2, 0.25) is 0 Å². The zero-order valence-corrected chi connectivity index (χ0v) is 13.0. The molecule has 8 heteroatoms. The van der Waals surface area contributed by atoms with Crippen molar-refractivity contribution in [1.82, 2.24) is 5.53 Å². The summed E-state index contributed by atoms with van der Waals surface area (Å²) in [5.74, 6) is 0. The van der Waals surface area contributed by atoms with Gasteiger partial charge in [-0.3, -0.25) is 4.55 Å². The van der Waals surface area contributed by atoms with Crippen molar-refractivity contribution in [1.29, 1.82) is 0 Å². The van der Waals surface area contributed by atoms with Gasteiger partial charge in [0.25, 0.3) is 10.1 Å². The molecule has 2 radical (unpaired) electrons. The molecule has 0 heterocycles. The van der Waals surface area contributed by atoms with Crippen molar-refractivity contribution in [3.8, 4) is 0 Å². The van der Waals surface area contributed by atoms with Crippen molar-refractivity contribution < 1.29 is 13.0 Å². The third kappa shape index (κ3) is 3.05. The summed E-state index contributed by atoms with van der Waals surface area (Å²) in [5, 5.41) is 12.2. The molecule has 24 heavy (non-hydrogen) atoms. The smallest absolute Gasteiger partial charge is 0.282 e. The van der Waals surface area contributed by atoms with E-state index in [1.165, 1.54) is 24.3 Å². The summed E-state index contributed by atoms with van der Waals surface area (Å²) in [6.45, 7) is 0. The number of benzene rings is 3. The van der Waals surface area contributed by atoms with Gasteiger partial charge in [0, 0.05) is 5.39 Å². The summed E-state index contributed by atoms with van der Waals surface area (Å²) in [5.41, 5.74) is 9.31. The second kappa shape index (κ2) is 6.26. The predicted octanol–water partition coefficient (Wildman–Crippen LogP) is 4.19. The standard InChI is InChI=1S/C16H10N4O3S/c17-18-13-7-3-4-8-14(13)19-20-16-12-6-2-1-5-11(12)9-10-15(16)24(21,22)23/h1-3,5-10H,(H,21,22,23)/b20-19+. The van der Waals surface area contributed by atoms with Crippen molar-refractivity contribution in [3.63, 3.8) is 0 Å². The zero-order chi connectivity index (χ0) is 17.2. The van der Waals surface area contributed by atoms with Crippen LogP contribution in [0.1, 0.15) is 0 Å². The summed E-state index contributed by atoms with van der Waals surface area (Å²) in [7, 11) is -4.48. The molecule has 118 valence electrons. The first-order valence-corrected chi connectivity index (χ1v) is 8.21. The third-order valence-electron chi connectivity index (χ3n) is 3.33. The molecule has 0 saturated heterocycles. The first kappa shape index (κ1) is 15.9. The maximum Gasteiger partial charge on any atom is 0.296 e. The molecule has 0 spiro atoms. The minimum atomic E-state index is -4.48. The van der Waals surface area contributed by atoms with Gasteiger partial charge in [0.2, 0.25) is 0 Å². The maximum absolute atomic E-state index is 11.6. The molecular formula is C16H10N4O3S. The van der Waals surface area contributed by atoms with Crippen LogP contribution in [0.3, 0.4) is 0 Å². The molecule has 0 aliphatic heterocycles. The summed E-state index contributed by atoms with van der Waals surface area (Å²) in [6.07, 6.45) is 0. The minimum absolute atomic E-state index is 0.00310. The van der Waals surface area contributed by atoms with Crippen LogP contribution in [-0.4, -0.2) is 13.0 Å². The third-order valence-corrected chi connectivity index (χ3v) is 4.21.